The number of nitrogens with one attached hydrogen (secondary N) is 1. The van der Waals surface area contributed by atoms with Gasteiger partial charge in [0.2, 0.25) is 5.91 Å². The smallest absolute Gasteiger partial charge is 0.258 e. The van der Waals surface area contributed by atoms with Gasteiger partial charge in [0.15, 0.2) is 0 Å². The Balaban J connectivity index is 2.30. The van der Waals surface area contributed by atoms with Crippen LogP contribution in [0.2, 0.25) is 5.02 Å². The third kappa shape index (κ3) is 2.95. The van der Waals surface area contributed by atoms with E-state index < -0.39 is 17.6 Å². The van der Waals surface area contributed by atoms with Crippen LogP contribution in [0.4, 0.5) is 10.1 Å². The van der Waals surface area contributed by atoms with Crippen molar-refractivity contribution in [1.82, 2.24) is 0 Å². The number of carbonyl (C=O) groups is 2. The second-order valence-electron chi connectivity index (χ2n) is 3.99. The van der Waals surface area contributed by atoms with E-state index in [1.165, 1.54) is 36.4 Å². The molecule has 0 saturated carbocycles. The standard InChI is InChI=1S/C14H10ClFN2O2/c15-10-6-5-8(13(17)19)7-12(10)18-14(20)9-3-1-2-4-11(9)16/h1-7H,(H2,17,19)(H,18,20). The van der Waals surface area contributed by atoms with Crippen LogP contribution in [0, 0.1) is 5.82 Å². The zero-order chi connectivity index (χ0) is 14.7. The molecular formula is C14H10ClFN2O2. The fourth-order valence-electron chi connectivity index (χ4n) is 1.61. The molecular weight excluding hydrogens is 283 g/mol. The van der Waals surface area contributed by atoms with Gasteiger partial charge in [-0.15, -0.1) is 0 Å². The molecule has 0 spiro atoms. The molecule has 2 aromatic carbocycles. The quantitative estimate of drug-likeness (QED) is 0.913. The Hall–Kier alpha value is -2.40. The molecule has 0 aliphatic carbocycles. The summed E-state index contributed by atoms with van der Waals surface area (Å²) < 4.78 is 13.5. The molecule has 102 valence electrons. The molecule has 3 N–H and O–H groups in total. The molecule has 0 bridgehead atoms. The van der Waals surface area contributed by atoms with E-state index in [2.05, 4.69) is 5.32 Å². The highest BCUT2D eigenvalue weighted by molar-refractivity contribution is 6.34. The van der Waals surface area contributed by atoms with Crippen molar-refractivity contribution in [2.45, 2.75) is 0 Å². The van der Waals surface area contributed by atoms with Gasteiger partial charge in [-0.05, 0) is 30.3 Å². The highest BCUT2D eigenvalue weighted by Crippen LogP contribution is 2.23. The normalized spacial score (nSPS) is 10.1. The van der Waals surface area contributed by atoms with Gasteiger partial charge in [-0.25, -0.2) is 4.39 Å². The number of carbonyl (C=O) groups excluding carboxylic acids is 2. The first kappa shape index (κ1) is 14.0. The molecule has 4 nitrogen and oxygen atoms in total. The molecule has 20 heavy (non-hydrogen) atoms. The van der Waals surface area contributed by atoms with Crippen LogP contribution in [0.25, 0.3) is 0 Å². The van der Waals surface area contributed by atoms with Gasteiger partial charge in [-0.1, -0.05) is 23.7 Å². The number of hydrogen-bond acceptors (Lipinski definition) is 2. The monoisotopic (exact) mass is 292 g/mol. The summed E-state index contributed by atoms with van der Waals surface area (Å²) in [6, 6.07) is 9.74. The summed E-state index contributed by atoms with van der Waals surface area (Å²) in [5, 5.41) is 2.67. The fourth-order valence-corrected chi connectivity index (χ4v) is 1.77. The van der Waals surface area contributed by atoms with Crippen LogP contribution in [-0.2, 0) is 0 Å². The molecule has 0 radical (unpaired) electrons. The molecule has 0 heterocycles. The van der Waals surface area contributed by atoms with Gasteiger partial charge >= 0.3 is 0 Å². The predicted octanol–water partition coefficient (Wildman–Crippen LogP) is 2.83. The lowest BCUT2D eigenvalue weighted by molar-refractivity contribution is 0.0995. The summed E-state index contributed by atoms with van der Waals surface area (Å²) in [5.41, 5.74) is 5.41. The molecule has 0 atom stereocenters. The lowest BCUT2D eigenvalue weighted by atomic mass is 10.1. The maximum absolute atomic E-state index is 13.5. The zero-order valence-corrected chi connectivity index (χ0v) is 10.9. The molecule has 0 fully saturated rings. The minimum atomic E-state index is -0.661. The van der Waals surface area contributed by atoms with Crippen molar-refractivity contribution >= 4 is 29.1 Å². The van der Waals surface area contributed by atoms with Crippen LogP contribution in [0.1, 0.15) is 20.7 Å². The molecule has 2 aromatic rings. The molecule has 0 aromatic heterocycles. The van der Waals surface area contributed by atoms with Gasteiger partial charge in [0, 0.05) is 5.56 Å². The molecule has 0 aliphatic heterocycles. The Morgan fingerprint density at radius 2 is 1.85 bits per heavy atom. The van der Waals surface area contributed by atoms with E-state index >= 15 is 0 Å². The maximum Gasteiger partial charge on any atom is 0.258 e. The molecule has 2 amide bonds. The van der Waals surface area contributed by atoms with Crippen LogP contribution in [0.15, 0.2) is 42.5 Å². The average molecular weight is 293 g/mol. The minimum Gasteiger partial charge on any atom is -0.366 e. The third-order valence-corrected chi connectivity index (χ3v) is 2.95. The Morgan fingerprint density at radius 1 is 1.15 bits per heavy atom. The van der Waals surface area contributed by atoms with Crippen molar-refractivity contribution in [1.29, 1.82) is 0 Å². The van der Waals surface area contributed by atoms with Gasteiger partial charge in [0.05, 0.1) is 16.3 Å². The van der Waals surface area contributed by atoms with Gasteiger partial charge in [0.1, 0.15) is 5.82 Å². The van der Waals surface area contributed by atoms with Gasteiger partial charge in [0.25, 0.3) is 5.91 Å². The second-order valence-corrected chi connectivity index (χ2v) is 4.40. The first-order valence-electron chi connectivity index (χ1n) is 5.64. The van der Waals surface area contributed by atoms with Gasteiger partial charge in [-0.3, -0.25) is 9.59 Å². The van der Waals surface area contributed by atoms with Gasteiger partial charge < -0.3 is 11.1 Å². The van der Waals surface area contributed by atoms with Crippen molar-refractivity contribution in [3.05, 3.63) is 64.4 Å². The first-order chi connectivity index (χ1) is 9.49. The summed E-state index contributed by atoms with van der Waals surface area (Å²) in [6.07, 6.45) is 0. The summed E-state index contributed by atoms with van der Waals surface area (Å²) in [6.45, 7) is 0. The Labute approximate surface area is 119 Å². The first-order valence-corrected chi connectivity index (χ1v) is 6.02. The van der Waals surface area contributed by atoms with Crippen molar-refractivity contribution in [2.24, 2.45) is 5.73 Å². The molecule has 0 unspecified atom stereocenters. The summed E-state index contributed by atoms with van der Waals surface area (Å²) in [4.78, 5) is 23.0. The van der Waals surface area contributed by atoms with E-state index in [0.29, 0.717) is 0 Å². The average Bonchev–Trinajstić information content (AvgIpc) is 2.41. The van der Waals surface area contributed by atoms with Crippen LogP contribution < -0.4 is 11.1 Å². The highest BCUT2D eigenvalue weighted by Gasteiger charge is 2.13. The molecule has 0 aliphatic rings. The van der Waals surface area contributed by atoms with Crippen LogP contribution in [-0.4, -0.2) is 11.8 Å². The maximum atomic E-state index is 13.5. The van der Waals surface area contributed by atoms with Crippen LogP contribution in [0.5, 0.6) is 0 Å². The third-order valence-electron chi connectivity index (χ3n) is 2.62. The van der Waals surface area contributed by atoms with Crippen molar-refractivity contribution < 1.29 is 14.0 Å². The van der Waals surface area contributed by atoms with E-state index in [1.54, 1.807) is 6.07 Å². The van der Waals surface area contributed by atoms with E-state index in [9.17, 15) is 14.0 Å². The number of rotatable bonds is 3. The van der Waals surface area contributed by atoms with Crippen molar-refractivity contribution in [2.75, 3.05) is 5.32 Å². The zero-order valence-electron chi connectivity index (χ0n) is 10.2. The van der Waals surface area contributed by atoms with E-state index in [4.69, 9.17) is 17.3 Å². The predicted molar refractivity (Wildman–Crippen MR) is 74.3 cm³/mol. The largest absolute Gasteiger partial charge is 0.366 e. The summed E-state index contributed by atoms with van der Waals surface area (Å²) >= 11 is 5.91. The van der Waals surface area contributed by atoms with E-state index in [0.717, 1.165) is 0 Å². The number of anilines is 1. The van der Waals surface area contributed by atoms with Crippen LogP contribution in [0.3, 0.4) is 0 Å². The number of nitrogens with two attached hydrogens (primary N) is 1. The lowest BCUT2D eigenvalue weighted by Crippen LogP contribution is -2.15. The Bertz CT molecular complexity index is 689. The summed E-state index contributed by atoms with van der Waals surface area (Å²) in [5.74, 6) is -1.96. The highest BCUT2D eigenvalue weighted by atomic mass is 35.5. The number of halogens is 2. The van der Waals surface area contributed by atoms with Gasteiger partial charge in [-0.2, -0.15) is 0 Å². The number of amides is 2. The van der Waals surface area contributed by atoms with Crippen molar-refractivity contribution in [3.63, 3.8) is 0 Å². The number of hydrogen-bond donors (Lipinski definition) is 2. The molecule has 6 heteroatoms. The second kappa shape index (κ2) is 5.71. The van der Waals surface area contributed by atoms with E-state index in [1.807, 2.05) is 0 Å². The fraction of sp³-hybridized carbons (Fsp3) is 0. The Kier molecular flexibility index (Phi) is 4.00. The number of primary amides is 1. The Morgan fingerprint density at radius 3 is 2.50 bits per heavy atom. The molecule has 0 saturated heterocycles. The topological polar surface area (TPSA) is 72.2 Å². The summed E-state index contributed by atoms with van der Waals surface area (Å²) in [7, 11) is 0. The SMILES string of the molecule is NC(=O)c1ccc(Cl)c(NC(=O)c2ccccc2F)c1. The van der Waals surface area contributed by atoms with Crippen molar-refractivity contribution in [3.8, 4) is 0 Å². The van der Waals surface area contributed by atoms with E-state index in [-0.39, 0.29) is 21.8 Å². The molecule has 2 rings (SSSR count). The minimum absolute atomic E-state index is 0.118. The number of benzene rings is 2. The lowest BCUT2D eigenvalue weighted by Gasteiger charge is -2.09. The van der Waals surface area contributed by atoms with Crippen LogP contribution >= 0.6 is 11.6 Å².